The molecule has 6 aromatic rings. The maximum absolute atomic E-state index is 6.38. The second-order valence-corrected chi connectivity index (χ2v) is 8.91. The minimum atomic E-state index is 0.714. The highest BCUT2D eigenvalue weighted by atomic mass is 16.5. The van der Waals surface area contributed by atoms with E-state index in [1.165, 1.54) is 10.8 Å². The summed E-state index contributed by atoms with van der Waals surface area (Å²) in [7, 11) is 0. The summed E-state index contributed by atoms with van der Waals surface area (Å²) in [5.41, 5.74) is 4.30. The number of nitrogens with zero attached hydrogens (tertiary/aromatic N) is 5. The van der Waals surface area contributed by atoms with Crippen molar-refractivity contribution in [1.29, 1.82) is 0 Å². The Labute approximate surface area is 214 Å². The lowest BCUT2D eigenvalue weighted by atomic mass is 10.1. The van der Waals surface area contributed by atoms with E-state index in [4.69, 9.17) is 4.74 Å². The van der Waals surface area contributed by atoms with Crippen molar-refractivity contribution in [2.24, 2.45) is 0 Å². The number of hydrogen-bond acceptors (Lipinski definition) is 5. The van der Waals surface area contributed by atoms with Crippen LogP contribution >= 0.6 is 0 Å². The molecule has 0 N–H and O–H groups in total. The predicted molar refractivity (Wildman–Crippen MR) is 148 cm³/mol. The SMILES string of the molecule is C1=CN(c2cccc(Oc3ccc4c5ccccc5n(-c5ccccn5)c4c3)c2)CN1c1cccnc1. The number of benzene rings is 3. The fraction of sp³-hybridized carbons (Fsp3) is 0.0323. The lowest BCUT2D eigenvalue weighted by molar-refractivity contribution is 0.483. The van der Waals surface area contributed by atoms with Gasteiger partial charge < -0.3 is 14.5 Å². The Morgan fingerprint density at radius 1 is 0.622 bits per heavy atom. The van der Waals surface area contributed by atoms with Crippen molar-refractivity contribution in [2.45, 2.75) is 0 Å². The van der Waals surface area contributed by atoms with Crippen LogP contribution < -0.4 is 14.5 Å². The Kier molecular flexibility index (Phi) is 5.07. The van der Waals surface area contributed by atoms with Crippen LogP contribution in [-0.2, 0) is 0 Å². The van der Waals surface area contributed by atoms with Gasteiger partial charge in [-0.05, 0) is 54.6 Å². The van der Waals surface area contributed by atoms with Crippen LogP contribution in [0.3, 0.4) is 0 Å². The number of fused-ring (bicyclic) bond motifs is 3. The molecule has 0 amide bonds. The maximum atomic E-state index is 6.38. The molecule has 3 aromatic carbocycles. The molecule has 178 valence electrons. The lowest BCUT2D eigenvalue weighted by Gasteiger charge is -2.21. The monoisotopic (exact) mass is 481 g/mol. The average molecular weight is 482 g/mol. The van der Waals surface area contributed by atoms with Crippen LogP contribution in [0.25, 0.3) is 27.6 Å². The molecule has 0 atom stereocenters. The standard InChI is InChI=1S/C31H23N5O/c1-2-11-29-27(10-1)28-14-13-26(20-30(28)36(29)31-12-3-4-16-33-31)37-25-9-5-7-23(19-25)34-17-18-35(22-34)24-8-6-15-32-21-24/h1-21H,22H2. The van der Waals surface area contributed by atoms with Gasteiger partial charge in [-0.2, -0.15) is 0 Å². The fourth-order valence-corrected chi connectivity index (χ4v) is 4.89. The van der Waals surface area contributed by atoms with Crippen LogP contribution in [0.2, 0.25) is 0 Å². The van der Waals surface area contributed by atoms with Crippen LogP contribution in [0.4, 0.5) is 11.4 Å². The van der Waals surface area contributed by atoms with Crippen LogP contribution in [-0.4, -0.2) is 21.2 Å². The molecule has 6 heteroatoms. The van der Waals surface area contributed by atoms with E-state index in [2.05, 4.69) is 91.3 Å². The quantitative estimate of drug-likeness (QED) is 0.262. The van der Waals surface area contributed by atoms with Crippen LogP contribution in [0.15, 0.2) is 128 Å². The molecule has 0 unspecified atom stereocenters. The molecule has 0 spiro atoms. The number of ether oxygens (including phenoxy) is 1. The number of para-hydroxylation sites is 1. The van der Waals surface area contributed by atoms with Crippen molar-refractivity contribution in [3.63, 3.8) is 0 Å². The minimum Gasteiger partial charge on any atom is -0.457 e. The number of hydrogen-bond donors (Lipinski definition) is 0. The third kappa shape index (κ3) is 3.85. The Morgan fingerprint density at radius 3 is 2.30 bits per heavy atom. The lowest BCUT2D eigenvalue weighted by Crippen LogP contribution is -2.24. The molecular weight excluding hydrogens is 458 g/mol. The molecule has 6 nitrogen and oxygen atoms in total. The van der Waals surface area contributed by atoms with Crippen LogP contribution in [0.1, 0.15) is 0 Å². The van der Waals surface area contributed by atoms with Gasteiger partial charge >= 0.3 is 0 Å². The fourth-order valence-electron chi connectivity index (χ4n) is 4.89. The summed E-state index contributed by atoms with van der Waals surface area (Å²) in [5.74, 6) is 2.44. The largest absolute Gasteiger partial charge is 0.457 e. The van der Waals surface area contributed by atoms with Crippen molar-refractivity contribution in [3.8, 4) is 17.3 Å². The zero-order chi connectivity index (χ0) is 24.6. The first-order valence-electron chi connectivity index (χ1n) is 12.2. The third-order valence-electron chi connectivity index (χ3n) is 6.62. The average Bonchev–Trinajstić information content (AvgIpc) is 3.58. The molecular formula is C31H23N5O. The van der Waals surface area contributed by atoms with Crippen LogP contribution in [0, 0.1) is 0 Å². The first kappa shape index (κ1) is 21.2. The second kappa shape index (κ2) is 8.84. The molecule has 0 fully saturated rings. The highest BCUT2D eigenvalue weighted by Gasteiger charge is 2.17. The zero-order valence-electron chi connectivity index (χ0n) is 20.0. The van der Waals surface area contributed by atoms with Crippen molar-refractivity contribution in [2.75, 3.05) is 16.5 Å². The Morgan fingerprint density at radius 2 is 1.43 bits per heavy atom. The normalized spacial score (nSPS) is 13.1. The summed E-state index contributed by atoms with van der Waals surface area (Å²) in [6.07, 6.45) is 9.62. The topological polar surface area (TPSA) is 46.4 Å². The molecule has 1 aliphatic heterocycles. The second-order valence-electron chi connectivity index (χ2n) is 8.91. The molecule has 0 saturated heterocycles. The number of pyridine rings is 2. The summed E-state index contributed by atoms with van der Waals surface area (Å²) < 4.78 is 8.57. The van der Waals surface area contributed by atoms with E-state index < -0.39 is 0 Å². The van der Waals surface area contributed by atoms with Crippen molar-refractivity contribution in [1.82, 2.24) is 14.5 Å². The highest BCUT2D eigenvalue weighted by Crippen LogP contribution is 2.35. The molecule has 0 bridgehead atoms. The first-order chi connectivity index (χ1) is 18.3. The van der Waals surface area contributed by atoms with E-state index in [9.17, 15) is 0 Å². The van der Waals surface area contributed by atoms with Gasteiger partial charge in [0, 0.05) is 53.4 Å². The minimum absolute atomic E-state index is 0.714. The van der Waals surface area contributed by atoms with Crippen LogP contribution in [0.5, 0.6) is 11.5 Å². The van der Waals surface area contributed by atoms with Gasteiger partial charge in [-0.15, -0.1) is 0 Å². The molecule has 0 saturated carbocycles. The van der Waals surface area contributed by atoms with E-state index in [1.54, 1.807) is 6.20 Å². The Bertz CT molecular complexity index is 1740. The highest BCUT2D eigenvalue weighted by molar-refractivity contribution is 6.09. The van der Waals surface area contributed by atoms with Gasteiger partial charge in [-0.3, -0.25) is 9.55 Å². The van der Waals surface area contributed by atoms with E-state index in [-0.39, 0.29) is 0 Å². The Hall–Kier alpha value is -5.10. The van der Waals surface area contributed by atoms with Crippen molar-refractivity contribution >= 4 is 33.2 Å². The van der Waals surface area contributed by atoms with E-state index in [0.29, 0.717) is 6.67 Å². The summed E-state index contributed by atoms with van der Waals surface area (Å²) in [6, 6.07) is 32.8. The molecule has 7 rings (SSSR count). The van der Waals surface area contributed by atoms with Crippen molar-refractivity contribution < 1.29 is 4.74 Å². The summed E-state index contributed by atoms with van der Waals surface area (Å²) in [4.78, 5) is 13.2. The number of rotatable bonds is 5. The van der Waals surface area contributed by atoms with Gasteiger partial charge in [0.2, 0.25) is 0 Å². The molecule has 0 aliphatic carbocycles. The molecule has 4 heterocycles. The maximum Gasteiger partial charge on any atom is 0.137 e. The van der Waals surface area contributed by atoms with Gasteiger partial charge in [-0.25, -0.2) is 4.98 Å². The summed E-state index contributed by atoms with van der Waals surface area (Å²) in [6.45, 7) is 0.714. The molecule has 0 radical (unpaired) electrons. The van der Waals surface area contributed by atoms with E-state index in [1.807, 2.05) is 54.9 Å². The molecule has 37 heavy (non-hydrogen) atoms. The number of aromatic nitrogens is 3. The van der Waals surface area contributed by atoms with E-state index in [0.717, 1.165) is 39.7 Å². The third-order valence-corrected chi connectivity index (χ3v) is 6.62. The first-order valence-corrected chi connectivity index (χ1v) is 12.2. The molecule has 1 aliphatic rings. The van der Waals surface area contributed by atoms with Gasteiger partial charge in [-0.1, -0.05) is 30.3 Å². The summed E-state index contributed by atoms with van der Waals surface area (Å²) >= 11 is 0. The van der Waals surface area contributed by atoms with Gasteiger partial charge in [0.1, 0.15) is 17.3 Å². The number of anilines is 2. The van der Waals surface area contributed by atoms with Gasteiger partial charge in [0.05, 0.1) is 29.6 Å². The Balaban J connectivity index is 1.21. The van der Waals surface area contributed by atoms with E-state index >= 15 is 0 Å². The zero-order valence-corrected chi connectivity index (χ0v) is 20.0. The van der Waals surface area contributed by atoms with Gasteiger partial charge in [0.15, 0.2) is 0 Å². The van der Waals surface area contributed by atoms with Crippen molar-refractivity contribution in [3.05, 3.63) is 128 Å². The van der Waals surface area contributed by atoms with Gasteiger partial charge in [0.25, 0.3) is 0 Å². The predicted octanol–water partition coefficient (Wildman–Crippen LogP) is 7.12. The summed E-state index contributed by atoms with van der Waals surface area (Å²) in [5, 5.41) is 2.36. The smallest absolute Gasteiger partial charge is 0.137 e. The molecule has 3 aromatic heterocycles.